The number of aryl methyl sites for hydroxylation is 1. The van der Waals surface area contributed by atoms with Crippen LogP contribution in [0.1, 0.15) is 47.1 Å². The first kappa shape index (κ1) is 25.2. The van der Waals surface area contributed by atoms with Crippen LogP contribution >= 0.6 is 0 Å². The van der Waals surface area contributed by atoms with Crippen molar-refractivity contribution in [2.75, 3.05) is 27.3 Å². The van der Waals surface area contributed by atoms with E-state index < -0.39 is 22.9 Å². The van der Waals surface area contributed by atoms with E-state index in [4.69, 9.17) is 14.2 Å². The van der Waals surface area contributed by atoms with Gasteiger partial charge in [-0.05, 0) is 38.5 Å². The fourth-order valence-electron chi connectivity index (χ4n) is 4.22. The summed E-state index contributed by atoms with van der Waals surface area (Å²) in [5.41, 5.74) is 1.38. The molecule has 3 aromatic rings. The molecule has 2 heterocycles. The number of rotatable bonds is 8. The van der Waals surface area contributed by atoms with E-state index in [-0.39, 0.29) is 24.5 Å². The van der Waals surface area contributed by atoms with Gasteiger partial charge >= 0.3 is 0 Å². The predicted octanol–water partition coefficient (Wildman–Crippen LogP) is 3.43. The molecule has 2 aromatic carbocycles. The summed E-state index contributed by atoms with van der Waals surface area (Å²) < 4.78 is 18.0. The highest BCUT2D eigenvalue weighted by Gasteiger charge is 2.36. The number of para-hydroxylation sites is 1. The van der Waals surface area contributed by atoms with Crippen molar-refractivity contribution in [2.45, 2.75) is 39.4 Å². The molecule has 9 heteroatoms. The van der Waals surface area contributed by atoms with Crippen LogP contribution in [0.15, 0.2) is 47.3 Å². The zero-order valence-electron chi connectivity index (χ0n) is 21.1. The average molecular weight is 494 g/mol. The summed E-state index contributed by atoms with van der Waals surface area (Å²) in [5.74, 6) is -0.104. The van der Waals surface area contributed by atoms with Crippen LogP contribution in [-0.2, 0) is 11.3 Å². The number of aromatic nitrogens is 2. The van der Waals surface area contributed by atoms with E-state index in [1.54, 1.807) is 18.2 Å². The third kappa shape index (κ3) is 4.79. The molecule has 0 unspecified atom stereocenters. The fourth-order valence-corrected chi connectivity index (χ4v) is 4.22. The Labute approximate surface area is 209 Å². The maximum atomic E-state index is 13.4. The summed E-state index contributed by atoms with van der Waals surface area (Å²) >= 11 is 0. The Morgan fingerprint density at radius 1 is 1.08 bits per heavy atom. The standard InChI is InChI=1S/C27H31N3O6/c1-16(2)36-15-22-28-25(31)23(26(32)29-13-19(14-29)18-11-9-17(3)10-12-18)27(33)30(22)24-20(34-4)7-6-8-21(24)35-5/h6-12,16,19,33H,13-15H2,1-5H3. The minimum atomic E-state index is -0.816. The van der Waals surface area contributed by atoms with Gasteiger partial charge in [0.05, 0.1) is 20.3 Å². The minimum Gasteiger partial charge on any atom is -0.494 e. The molecule has 1 fully saturated rings. The second kappa shape index (κ2) is 10.4. The Morgan fingerprint density at radius 3 is 2.25 bits per heavy atom. The highest BCUT2D eigenvalue weighted by atomic mass is 16.5. The quantitative estimate of drug-likeness (QED) is 0.513. The maximum absolute atomic E-state index is 13.4. The molecule has 190 valence electrons. The number of aromatic hydroxyl groups is 1. The Hall–Kier alpha value is -3.85. The highest BCUT2D eigenvalue weighted by Crippen LogP contribution is 2.37. The molecule has 1 aliphatic heterocycles. The van der Waals surface area contributed by atoms with Gasteiger partial charge in [-0.2, -0.15) is 4.98 Å². The number of ether oxygens (including phenoxy) is 3. The number of carbonyl (C=O) groups excluding carboxylic acids is 1. The van der Waals surface area contributed by atoms with E-state index in [9.17, 15) is 14.7 Å². The van der Waals surface area contributed by atoms with Gasteiger partial charge < -0.3 is 24.2 Å². The van der Waals surface area contributed by atoms with Gasteiger partial charge in [-0.3, -0.25) is 14.2 Å². The molecule has 1 aromatic heterocycles. The number of carbonyl (C=O) groups is 1. The molecule has 1 saturated heterocycles. The number of benzene rings is 2. The largest absolute Gasteiger partial charge is 0.494 e. The van der Waals surface area contributed by atoms with Crippen molar-refractivity contribution < 1.29 is 24.1 Å². The molecule has 0 aliphatic carbocycles. The van der Waals surface area contributed by atoms with Gasteiger partial charge in [-0.25, -0.2) is 0 Å². The lowest BCUT2D eigenvalue weighted by Crippen LogP contribution is -2.50. The van der Waals surface area contributed by atoms with E-state index in [0.29, 0.717) is 30.3 Å². The molecule has 0 radical (unpaired) electrons. The van der Waals surface area contributed by atoms with Gasteiger partial charge in [0, 0.05) is 19.0 Å². The van der Waals surface area contributed by atoms with Crippen LogP contribution in [0.3, 0.4) is 0 Å². The van der Waals surface area contributed by atoms with Crippen molar-refractivity contribution in [3.63, 3.8) is 0 Å². The molecule has 1 aliphatic rings. The summed E-state index contributed by atoms with van der Waals surface area (Å²) in [6.45, 7) is 6.52. The third-order valence-corrected chi connectivity index (χ3v) is 6.24. The number of hydrogen-bond acceptors (Lipinski definition) is 7. The first-order chi connectivity index (χ1) is 17.2. The lowest BCUT2D eigenvalue weighted by molar-refractivity contribution is 0.0568. The normalized spacial score (nSPS) is 13.6. The van der Waals surface area contributed by atoms with Crippen LogP contribution in [0, 0.1) is 6.92 Å². The second-order valence-electron chi connectivity index (χ2n) is 9.06. The predicted molar refractivity (Wildman–Crippen MR) is 134 cm³/mol. The van der Waals surface area contributed by atoms with Crippen molar-refractivity contribution >= 4 is 5.91 Å². The number of nitrogens with zero attached hydrogens (tertiary/aromatic N) is 3. The summed E-state index contributed by atoms with van der Waals surface area (Å²) in [6, 6.07) is 13.3. The molecule has 4 rings (SSSR count). The molecular formula is C27H31N3O6. The molecule has 0 bridgehead atoms. The van der Waals surface area contributed by atoms with Gasteiger partial charge in [0.2, 0.25) is 5.88 Å². The Bertz CT molecular complexity index is 1290. The van der Waals surface area contributed by atoms with Crippen molar-refractivity contribution in [3.05, 3.63) is 75.3 Å². The molecule has 0 spiro atoms. The summed E-state index contributed by atoms with van der Waals surface area (Å²) in [7, 11) is 2.96. The van der Waals surface area contributed by atoms with Crippen LogP contribution < -0.4 is 15.0 Å². The van der Waals surface area contributed by atoms with Gasteiger partial charge in [0.1, 0.15) is 29.6 Å². The molecule has 0 atom stereocenters. The fraction of sp³-hybridized carbons (Fsp3) is 0.370. The van der Waals surface area contributed by atoms with Gasteiger partial charge in [-0.15, -0.1) is 0 Å². The Balaban J connectivity index is 1.76. The first-order valence-electron chi connectivity index (χ1n) is 11.8. The summed E-state index contributed by atoms with van der Waals surface area (Å²) in [6.07, 6.45) is -0.154. The summed E-state index contributed by atoms with van der Waals surface area (Å²) in [5, 5.41) is 11.4. The lowest BCUT2D eigenvalue weighted by Gasteiger charge is -2.39. The van der Waals surface area contributed by atoms with Crippen LogP contribution in [0.4, 0.5) is 0 Å². The van der Waals surface area contributed by atoms with Gasteiger partial charge in [0.25, 0.3) is 11.5 Å². The van der Waals surface area contributed by atoms with Crippen LogP contribution in [0.5, 0.6) is 17.4 Å². The van der Waals surface area contributed by atoms with E-state index in [1.165, 1.54) is 23.7 Å². The van der Waals surface area contributed by atoms with Crippen LogP contribution in [0.25, 0.3) is 5.69 Å². The van der Waals surface area contributed by atoms with Gasteiger partial charge in [-0.1, -0.05) is 35.9 Å². The maximum Gasteiger partial charge on any atom is 0.289 e. The van der Waals surface area contributed by atoms with Crippen molar-refractivity contribution in [1.29, 1.82) is 0 Å². The second-order valence-corrected chi connectivity index (χ2v) is 9.06. The van der Waals surface area contributed by atoms with Crippen molar-refractivity contribution in [3.8, 4) is 23.1 Å². The first-order valence-corrected chi connectivity index (χ1v) is 11.8. The summed E-state index contributed by atoms with van der Waals surface area (Å²) in [4.78, 5) is 32.1. The Morgan fingerprint density at radius 2 is 1.69 bits per heavy atom. The SMILES string of the molecule is COc1cccc(OC)c1-n1c(COC(C)C)nc(=O)c(C(=O)N2CC(c3ccc(C)cc3)C2)c1O. The van der Waals surface area contributed by atoms with E-state index in [1.807, 2.05) is 45.0 Å². The number of hydrogen-bond donors (Lipinski definition) is 1. The molecule has 1 amide bonds. The van der Waals surface area contributed by atoms with Gasteiger partial charge in [0.15, 0.2) is 5.56 Å². The van der Waals surface area contributed by atoms with E-state index >= 15 is 0 Å². The van der Waals surface area contributed by atoms with E-state index in [2.05, 4.69) is 4.98 Å². The van der Waals surface area contributed by atoms with Crippen LogP contribution in [-0.4, -0.2) is 58.9 Å². The minimum absolute atomic E-state index is 0.0741. The molecular weight excluding hydrogens is 462 g/mol. The van der Waals surface area contributed by atoms with Crippen LogP contribution in [0.2, 0.25) is 0 Å². The number of likely N-dealkylation sites (tertiary alicyclic amines) is 1. The zero-order chi connectivity index (χ0) is 26.0. The van der Waals surface area contributed by atoms with E-state index in [0.717, 1.165) is 11.1 Å². The smallest absolute Gasteiger partial charge is 0.289 e. The average Bonchev–Trinajstić information content (AvgIpc) is 2.82. The highest BCUT2D eigenvalue weighted by molar-refractivity contribution is 5.97. The monoisotopic (exact) mass is 493 g/mol. The molecule has 36 heavy (non-hydrogen) atoms. The third-order valence-electron chi connectivity index (χ3n) is 6.24. The lowest BCUT2D eigenvalue weighted by atomic mass is 9.90. The van der Waals surface area contributed by atoms with Crippen molar-refractivity contribution in [2.24, 2.45) is 0 Å². The number of methoxy groups -OCH3 is 2. The topological polar surface area (TPSA) is 103 Å². The Kier molecular flexibility index (Phi) is 7.30. The molecule has 0 saturated carbocycles. The van der Waals surface area contributed by atoms with Crippen molar-refractivity contribution in [1.82, 2.24) is 14.5 Å². The molecule has 9 nitrogen and oxygen atoms in total. The zero-order valence-corrected chi connectivity index (χ0v) is 21.1. The number of amides is 1. The molecule has 1 N–H and O–H groups in total.